The predicted octanol–water partition coefficient (Wildman–Crippen LogP) is 3.78. The second kappa shape index (κ2) is 12.1. The maximum absolute atomic E-state index is 13.7. The summed E-state index contributed by atoms with van der Waals surface area (Å²) in [4.78, 5) is 27.8. The first-order valence-corrected chi connectivity index (χ1v) is 13.2. The number of carbonyl (C=O) groups excluding carboxylic acids is 2. The number of likely N-dealkylation sites (N-methyl/N-ethyl adjacent to an activating group) is 1. The van der Waals surface area contributed by atoms with Gasteiger partial charge in [0.2, 0.25) is 11.8 Å². The molecule has 0 aliphatic rings. The summed E-state index contributed by atoms with van der Waals surface area (Å²) in [6.07, 6.45) is 0.330. The maximum atomic E-state index is 13.7. The van der Waals surface area contributed by atoms with E-state index in [0.29, 0.717) is 33.3 Å². The van der Waals surface area contributed by atoms with Gasteiger partial charge in [-0.25, -0.2) is 4.31 Å². The fraction of sp³-hybridized carbons (Fsp3) is 0.417. The van der Waals surface area contributed by atoms with Gasteiger partial charge >= 0.3 is 10.2 Å². The third-order valence-corrected chi connectivity index (χ3v) is 8.17. The second-order valence-electron chi connectivity index (χ2n) is 8.40. The van der Waals surface area contributed by atoms with Crippen molar-refractivity contribution in [2.24, 2.45) is 0 Å². The van der Waals surface area contributed by atoms with Crippen LogP contribution in [0.1, 0.15) is 30.0 Å². The van der Waals surface area contributed by atoms with Gasteiger partial charge in [0, 0.05) is 27.7 Å². The summed E-state index contributed by atoms with van der Waals surface area (Å²) in [6.45, 7) is 4.97. The zero-order valence-corrected chi connectivity index (χ0v) is 23.1. The van der Waals surface area contributed by atoms with Crippen LogP contribution in [0.2, 0.25) is 10.0 Å². The van der Waals surface area contributed by atoms with Crippen LogP contribution in [-0.4, -0.2) is 63.2 Å². The summed E-state index contributed by atoms with van der Waals surface area (Å²) < 4.78 is 28.7. The van der Waals surface area contributed by atoms with E-state index in [4.69, 9.17) is 23.2 Å². The number of halogens is 2. The molecule has 0 saturated carbocycles. The maximum Gasteiger partial charge on any atom is 0.304 e. The van der Waals surface area contributed by atoms with Crippen molar-refractivity contribution in [1.82, 2.24) is 14.5 Å². The van der Waals surface area contributed by atoms with E-state index in [9.17, 15) is 18.0 Å². The van der Waals surface area contributed by atoms with Crippen molar-refractivity contribution in [3.63, 3.8) is 0 Å². The molecule has 0 aliphatic carbocycles. The van der Waals surface area contributed by atoms with Gasteiger partial charge in [-0.05, 0) is 55.2 Å². The standard InChI is InChI=1S/C24H32Cl2N4O4S/c1-7-21(24(32)27-4)29(14-18-10-11-19(25)20(26)13-18)23(31)15-30(35(33,34)28(5)6)22-12-16(2)8-9-17(22)3/h8-13,21H,7,14-15H2,1-6H3,(H,27,32). The molecular weight excluding hydrogens is 511 g/mol. The molecule has 0 aliphatic heterocycles. The minimum absolute atomic E-state index is 0.0459. The van der Waals surface area contributed by atoms with Crippen molar-refractivity contribution < 1.29 is 18.0 Å². The molecule has 192 valence electrons. The van der Waals surface area contributed by atoms with Crippen LogP contribution >= 0.6 is 23.2 Å². The molecule has 8 nitrogen and oxygen atoms in total. The molecule has 0 spiro atoms. The molecule has 2 amide bonds. The summed E-state index contributed by atoms with van der Waals surface area (Å²) in [5.41, 5.74) is 2.60. The molecule has 0 aromatic heterocycles. The average molecular weight is 544 g/mol. The number of aryl methyl sites for hydroxylation is 2. The van der Waals surface area contributed by atoms with Gasteiger partial charge in [-0.1, -0.05) is 48.3 Å². The normalized spacial score (nSPS) is 12.4. The highest BCUT2D eigenvalue weighted by atomic mass is 35.5. The van der Waals surface area contributed by atoms with Crippen LogP contribution in [0.4, 0.5) is 5.69 Å². The molecule has 35 heavy (non-hydrogen) atoms. The van der Waals surface area contributed by atoms with Gasteiger partial charge in [0.15, 0.2) is 0 Å². The van der Waals surface area contributed by atoms with Crippen molar-refractivity contribution in [3.05, 3.63) is 63.1 Å². The number of nitrogens with one attached hydrogen (secondary N) is 1. The summed E-state index contributed by atoms with van der Waals surface area (Å²) in [7, 11) is 0.284. The highest BCUT2D eigenvalue weighted by molar-refractivity contribution is 7.90. The number of hydrogen-bond acceptors (Lipinski definition) is 4. The van der Waals surface area contributed by atoms with Crippen molar-refractivity contribution in [2.75, 3.05) is 32.0 Å². The van der Waals surface area contributed by atoms with Crippen LogP contribution in [0.15, 0.2) is 36.4 Å². The first kappa shape index (κ1) is 28.9. The van der Waals surface area contributed by atoms with E-state index in [0.717, 1.165) is 14.2 Å². The van der Waals surface area contributed by atoms with Crippen molar-refractivity contribution >= 4 is 50.9 Å². The summed E-state index contributed by atoms with van der Waals surface area (Å²) in [6, 6.07) is 9.54. The number of carbonyl (C=O) groups is 2. The topological polar surface area (TPSA) is 90.0 Å². The quantitative estimate of drug-likeness (QED) is 0.494. The van der Waals surface area contributed by atoms with Crippen LogP contribution in [0.3, 0.4) is 0 Å². The van der Waals surface area contributed by atoms with Crippen LogP contribution in [0.25, 0.3) is 0 Å². The van der Waals surface area contributed by atoms with Gasteiger partial charge in [-0.2, -0.15) is 12.7 Å². The van der Waals surface area contributed by atoms with Crippen LogP contribution in [0.5, 0.6) is 0 Å². The second-order valence-corrected chi connectivity index (χ2v) is 11.3. The van der Waals surface area contributed by atoms with Gasteiger partial charge in [0.1, 0.15) is 12.6 Å². The summed E-state index contributed by atoms with van der Waals surface area (Å²) >= 11 is 12.2. The van der Waals surface area contributed by atoms with E-state index in [2.05, 4.69) is 5.32 Å². The lowest BCUT2D eigenvalue weighted by atomic mass is 10.1. The molecule has 1 N–H and O–H groups in total. The highest BCUT2D eigenvalue weighted by Gasteiger charge is 2.34. The average Bonchev–Trinajstić information content (AvgIpc) is 2.80. The lowest BCUT2D eigenvalue weighted by Crippen LogP contribution is -2.53. The predicted molar refractivity (Wildman–Crippen MR) is 141 cm³/mol. The Balaban J connectivity index is 2.56. The Morgan fingerprint density at radius 2 is 1.69 bits per heavy atom. The van der Waals surface area contributed by atoms with Crippen molar-refractivity contribution in [1.29, 1.82) is 0 Å². The van der Waals surface area contributed by atoms with E-state index in [1.165, 1.54) is 26.0 Å². The summed E-state index contributed by atoms with van der Waals surface area (Å²) in [5, 5.41) is 3.27. The molecular formula is C24H32Cl2N4O4S. The van der Waals surface area contributed by atoms with Crippen LogP contribution < -0.4 is 9.62 Å². The Morgan fingerprint density at radius 3 is 2.23 bits per heavy atom. The fourth-order valence-corrected chi connectivity index (χ4v) is 5.04. The van der Waals surface area contributed by atoms with Gasteiger partial charge in [-0.15, -0.1) is 0 Å². The third kappa shape index (κ3) is 6.88. The Morgan fingerprint density at radius 1 is 1.03 bits per heavy atom. The van der Waals surface area contributed by atoms with Crippen LogP contribution in [0, 0.1) is 13.8 Å². The van der Waals surface area contributed by atoms with Crippen molar-refractivity contribution in [2.45, 2.75) is 39.8 Å². The number of benzene rings is 2. The molecule has 0 heterocycles. The smallest absolute Gasteiger partial charge is 0.304 e. The molecule has 2 rings (SSSR count). The first-order valence-electron chi connectivity index (χ1n) is 11.1. The molecule has 2 aromatic rings. The Kier molecular flexibility index (Phi) is 9.97. The number of amides is 2. The number of rotatable bonds is 10. The van der Waals surface area contributed by atoms with E-state index < -0.39 is 28.7 Å². The van der Waals surface area contributed by atoms with Gasteiger partial charge in [-0.3, -0.25) is 9.59 Å². The molecule has 2 aromatic carbocycles. The molecule has 1 unspecified atom stereocenters. The molecule has 0 saturated heterocycles. The fourth-order valence-electron chi connectivity index (χ4n) is 3.61. The Hall–Kier alpha value is -2.33. The molecule has 11 heteroatoms. The molecule has 0 bridgehead atoms. The zero-order valence-electron chi connectivity index (χ0n) is 20.8. The number of hydrogen-bond donors (Lipinski definition) is 1. The molecule has 0 radical (unpaired) electrons. The van der Waals surface area contributed by atoms with E-state index in [-0.39, 0.29) is 12.5 Å². The Labute approximate surface area is 218 Å². The summed E-state index contributed by atoms with van der Waals surface area (Å²) in [5.74, 6) is -0.882. The van der Waals surface area contributed by atoms with Crippen molar-refractivity contribution in [3.8, 4) is 0 Å². The Bertz CT molecular complexity index is 1190. The van der Waals surface area contributed by atoms with Crippen LogP contribution in [-0.2, 0) is 26.3 Å². The number of anilines is 1. The largest absolute Gasteiger partial charge is 0.357 e. The molecule has 1 atom stereocenters. The number of nitrogens with zero attached hydrogens (tertiary/aromatic N) is 3. The van der Waals surface area contributed by atoms with E-state index >= 15 is 0 Å². The molecule has 0 fully saturated rings. The highest BCUT2D eigenvalue weighted by Crippen LogP contribution is 2.27. The minimum Gasteiger partial charge on any atom is -0.357 e. The third-order valence-electron chi connectivity index (χ3n) is 5.62. The van der Waals surface area contributed by atoms with Gasteiger partial charge < -0.3 is 10.2 Å². The monoisotopic (exact) mass is 542 g/mol. The first-order chi connectivity index (χ1) is 16.3. The van der Waals surface area contributed by atoms with Gasteiger partial charge in [0.25, 0.3) is 0 Å². The SMILES string of the molecule is CCC(C(=O)NC)N(Cc1ccc(Cl)c(Cl)c1)C(=O)CN(c1cc(C)ccc1C)S(=O)(=O)N(C)C. The van der Waals surface area contributed by atoms with E-state index in [1.54, 1.807) is 44.2 Å². The zero-order chi connectivity index (χ0) is 26.5. The lowest BCUT2D eigenvalue weighted by molar-refractivity contribution is -0.140. The lowest BCUT2D eigenvalue weighted by Gasteiger charge is -2.34. The van der Waals surface area contributed by atoms with Gasteiger partial charge in [0.05, 0.1) is 15.7 Å². The minimum atomic E-state index is -4.02. The van der Waals surface area contributed by atoms with E-state index in [1.807, 2.05) is 13.0 Å².